The van der Waals surface area contributed by atoms with Crippen LogP contribution < -0.4 is 5.43 Å². The van der Waals surface area contributed by atoms with Crippen LogP contribution in [0, 0.1) is 5.82 Å². The third-order valence-corrected chi connectivity index (χ3v) is 2.90. The van der Waals surface area contributed by atoms with Gasteiger partial charge in [0, 0.05) is 5.56 Å². The average molecular weight is 279 g/mol. The summed E-state index contributed by atoms with van der Waals surface area (Å²) in [6.07, 6.45) is 0. The maximum absolute atomic E-state index is 13.1. The zero-order chi connectivity index (χ0) is 13.8. The van der Waals surface area contributed by atoms with Crippen LogP contribution in [0.15, 0.2) is 47.6 Å². The largest absolute Gasteiger partial charge is 0.507 e. The Morgan fingerprint density at radius 3 is 2.74 bits per heavy atom. The van der Waals surface area contributed by atoms with Crippen LogP contribution in [0.25, 0.3) is 0 Å². The van der Waals surface area contributed by atoms with Gasteiger partial charge in [-0.15, -0.1) is 0 Å². The lowest BCUT2D eigenvalue weighted by Gasteiger charge is -2.06. The lowest BCUT2D eigenvalue weighted by molar-refractivity contribution is 0.472. The lowest BCUT2D eigenvalue weighted by Crippen LogP contribution is -2.01. The summed E-state index contributed by atoms with van der Waals surface area (Å²) >= 11 is 5.97. The smallest absolute Gasteiger partial charge is 0.124 e. The Labute approximate surface area is 115 Å². The van der Waals surface area contributed by atoms with E-state index in [9.17, 15) is 9.50 Å². The molecule has 0 bridgehead atoms. The highest BCUT2D eigenvalue weighted by molar-refractivity contribution is 6.33. The summed E-state index contributed by atoms with van der Waals surface area (Å²) in [5.41, 5.74) is 4.21. The second-order valence-electron chi connectivity index (χ2n) is 3.95. The minimum atomic E-state index is -0.430. The topological polar surface area (TPSA) is 44.6 Å². The van der Waals surface area contributed by atoms with Crippen molar-refractivity contribution in [2.45, 2.75) is 6.92 Å². The minimum absolute atomic E-state index is 0.0244. The first-order valence-electron chi connectivity index (χ1n) is 5.61. The van der Waals surface area contributed by atoms with Crippen LogP contribution >= 0.6 is 11.6 Å². The van der Waals surface area contributed by atoms with Crippen molar-refractivity contribution in [2.24, 2.45) is 5.10 Å². The molecule has 0 fully saturated rings. The van der Waals surface area contributed by atoms with Crippen molar-refractivity contribution in [1.82, 2.24) is 0 Å². The van der Waals surface area contributed by atoms with Gasteiger partial charge >= 0.3 is 0 Å². The summed E-state index contributed by atoms with van der Waals surface area (Å²) in [5, 5.41) is 14.3. The highest BCUT2D eigenvalue weighted by atomic mass is 35.5. The van der Waals surface area contributed by atoms with Crippen LogP contribution in [0.3, 0.4) is 0 Å². The molecule has 0 radical (unpaired) electrons. The van der Waals surface area contributed by atoms with Gasteiger partial charge < -0.3 is 5.11 Å². The molecule has 0 aromatic heterocycles. The van der Waals surface area contributed by atoms with E-state index in [4.69, 9.17) is 11.6 Å². The zero-order valence-electron chi connectivity index (χ0n) is 10.2. The number of hydrogen-bond donors (Lipinski definition) is 2. The number of rotatable bonds is 3. The number of nitrogens with one attached hydrogen (secondary N) is 1. The van der Waals surface area contributed by atoms with Gasteiger partial charge in [0.15, 0.2) is 0 Å². The SMILES string of the molecule is C/C(=N\Nc1ccccc1Cl)c1cc(F)ccc1O. The van der Waals surface area contributed by atoms with Gasteiger partial charge in [-0.2, -0.15) is 5.10 Å². The standard InChI is InChI=1S/C14H12ClFN2O/c1-9(11-8-10(16)6-7-14(11)19)17-18-13-5-3-2-4-12(13)15/h2-8,18-19H,1H3/b17-9+. The maximum atomic E-state index is 13.1. The molecule has 0 spiro atoms. The molecule has 0 aliphatic carbocycles. The number of para-hydroxylation sites is 1. The third kappa shape index (κ3) is 3.23. The predicted molar refractivity (Wildman–Crippen MR) is 75.4 cm³/mol. The molecule has 0 atom stereocenters. The van der Waals surface area contributed by atoms with E-state index in [0.29, 0.717) is 22.0 Å². The predicted octanol–water partition coefficient (Wildman–Crippen LogP) is 4.02. The number of phenolic OH excluding ortho intramolecular Hbond substituents is 1. The quantitative estimate of drug-likeness (QED) is 0.658. The number of anilines is 1. The fourth-order valence-electron chi connectivity index (χ4n) is 1.55. The highest BCUT2D eigenvalue weighted by Gasteiger charge is 2.06. The van der Waals surface area contributed by atoms with Gasteiger partial charge in [-0.25, -0.2) is 4.39 Å². The number of phenols is 1. The Balaban J connectivity index is 2.24. The highest BCUT2D eigenvalue weighted by Crippen LogP contribution is 2.22. The van der Waals surface area contributed by atoms with E-state index >= 15 is 0 Å². The second kappa shape index (κ2) is 5.71. The van der Waals surface area contributed by atoms with Crippen LogP contribution in [0.1, 0.15) is 12.5 Å². The Hall–Kier alpha value is -2.07. The fraction of sp³-hybridized carbons (Fsp3) is 0.0714. The zero-order valence-corrected chi connectivity index (χ0v) is 10.9. The molecule has 0 saturated heterocycles. The monoisotopic (exact) mass is 278 g/mol. The number of aromatic hydroxyl groups is 1. The van der Waals surface area contributed by atoms with Crippen molar-refractivity contribution < 1.29 is 9.50 Å². The molecule has 2 N–H and O–H groups in total. The van der Waals surface area contributed by atoms with Crippen LogP contribution in [-0.4, -0.2) is 10.8 Å². The molecular formula is C14H12ClFN2O. The number of hydrogen-bond acceptors (Lipinski definition) is 3. The summed E-state index contributed by atoms with van der Waals surface area (Å²) in [7, 11) is 0. The van der Waals surface area contributed by atoms with Crippen LogP contribution in [0.5, 0.6) is 5.75 Å². The normalized spacial score (nSPS) is 11.4. The second-order valence-corrected chi connectivity index (χ2v) is 4.36. The molecule has 2 rings (SSSR count). The summed E-state index contributed by atoms with van der Waals surface area (Å²) in [5.74, 6) is -0.455. The van der Waals surface area contributed by atoms with Gasteiger partial charge in [0.25, 0.3) is 0 Å². The molecule has 2 aromatic rings. The van der Waals surface area contributed by atoms with E-state index in [1.54, 1.807) is 19.1 Å². The molecule has 19 heavy (non-hydrogen) atoms. The molecule has 2 aromatic carbocycles. The molecule has 0 aliphatic rings. The molecule has 0 aliphatic heterocycles. The van der Waals surface area contributed by atoms with E-state index in [0.717, 1.165) is 0 Å². The van der Waals surface area contributed by atoms with Crippen LogP contribution in [-0.2, 0) is 0 Å². The number of halogens is 2. The van der Waals surface area contributed by atoms with Crippen molar-refractivity contribution in [1.29, 1.82) is 0 Å². The van der Waals surface area contributed by atoms with E-state index in [1.807, 2.05) is 12.1 Å². The average Bonchev–Trinajstić information content (AvgIpc) is 2.40. The Kier molecular flexibility index (Phi) is 4.02. The van der Waals surface area contributed by atoms with Crippen LogP contribution in [0.2, 0.25) is 5.02 Å². The van der Waals surface area contributed by atoms with Crippen molar-refractivity contribution in [3.8, 4) is 5.75 Å². The van der Waals surface area contributed by atoms with Crippen molar-refractivity contribution in [2.75, 3.05) is 5.43 Å². The molecule has 0 unspecified atom stereocenters. The molecule has 0 saturated carbocycles. The van der Waals surface area contributed by atoms with Gasteiger partial charge in [0.1, 0.15) is 11.6 Å². The van der Waals surface area contributed by atoms with Gasteiger partial charge in [-0.3, -0.25) is 5.43 Å². The Morgan fingerprint density at radius 2 is 2.00 bits per heavy atom. The number of hydrazone groups is 1. The summed E-state index contributed by atoms with van der Waals surface area (Å²) in [6.45, 7) is 1.67. The van der Waals surface area contributed by atoms with E-state index in [-0.39, 0.29) is 5.75 Å². The van der Waals surface area contributed by atoms with Crippen LogP contribution in [0.4, 0.5) is 10.1 Å². The van der Waals surface area contributed by atoms with Crippen molar-refractivity contribution in [3.05, 3.63) is 58.9 Å². The molecule has 98 valence electrons. The maximum Gasteiger partial charge on any atom is 0.124 e. The van der Waals surface area contributed by atoms with E-state index in [2.05, 4.69) is 10.5 Å². The molecular weight excluding hydrogens is 267 g/mol. The number of nitrogens with zero attached hydrogens (tertiary/aromatic N) is 1. The molecule has 0 amide bonds. The fourth-order valence-corrected chi connectivity index (χ4v) is 1.73. The van der Waals surface area contributed by atoms with E-state index < -0.39 is 5.82 Å². The first-order valence-corrected chi connectivity index (χ1v) is 5.99. The minimum Gasteiger partial charge on any atom is -0.507 e. The third-order valence-electron chi connectivity index (χ3n) is 2.57. The van der Waals surface area contributed by atoms with Crippen molar-refractivity contribution in [3.63, 3.8) is 0 Å². The molecule has 5 heteroatoms. The Bertz CT molecular complexity index is 629. The summed E-state index contributed by atoms with van der Waals surface area (Å²) in [4.78, 5) is 0. The number of benzene rings is 2. The van der Waals surface area contributed by atoms with E-state index in [1.165, 1.54) is 18.2 Å². The lowest BCUT2D eigenvalue weighted by atomic mass is 10.1. The summed E-state index contributed by atoms with van der Waals surface area (Å²) in [6, 6.07) is 10.8. The van der Waals surface area contributed by atoms with Crippen molar-refractivity contribution >= 4 is 23.0 Å². The van der Waals surface area contributed by atoms with Gasteiger partial charge in [0.05, 0.1) is 16.4 Å². The first kappa shape index (κ1) is 13.4. The molecule has 3 nitrogen and oxygen atoms in total. The van der Waals surface area contributed by atoms with Gasteiger partial charge in [-0.05, 0) is 37.3 Å². The first-order chi connectivity index (χ1) is 9.08. The molecule has 0 heterocycles. The summed E-state index contributed by atoms with van der Waals surface area (Å²) < 4.78 is 13.1. The van der Waals surface area contributed by atoms with Gasteiger partial charge in [0.2, 0.25) is 0 Å². The Morgan fingerprint density at radius 1 is 1.26 bits per heavy atom. The van der Waals surface area contributed by atoms with Gasteiger partial charge in [-0.1, -0.05) is 23.7 Å².